The first-order valence-corrected chi connectivity index (χ1v) is 9.07. The van der Waals surface area contributed by atoms with Gasteiger partial charge in [-0.3, -0.25) is 9.59 Å². The number of nitrogens with zero attached hydrogens (tertiary/aromatic N) is 1. The highest BCUT2D eigenvalue weighted by Gasteiger charge is 2.33. The molecule has 31 heavy (non-hydrogen) atoms. The fourth-order valence-corrected chi connectivity index (χ4v) is 2.74. The fourth-order valence-electron chi connectivity index (χ4n) is 2.74. The Morgan fingerprint density at radius 3 is 2.26 bits per heavy atom. The van der Waals surface area contributed by atoms with Gasteiger partial charge in [-0.05, 0) is 43.3 Å². The van der Waals surface area contributed by atoms with Gasteiger partial charge in [-0.25, -0.2) is 8.78 Å². The Hall–Kier alpha value is -3.43. The number of anilines is 2. The highest BCUT2D eigenvalue weighted by molar-refractivity contribution is 6.24. The predicted molar refractivity (Wildman–Crippen MR) is 108 cm³/mol. The van der Waals surface area contributed by atoms with Crippen molar-refractivity contribution in [2.45, 2.75) is 26.4 Å². The number of amides is 2. The summed E-state index contributed by atoms with van der Waals surface area (Å²) in [6.45, 7) is -1.000. The highest BCUT2D eigenvalue weighted by atomic mass is 19.3. The summed E-state index contributed by atoms with van der Waals surface area (Å²) in [4.78, 5) is 26.6. The topological polar surface area (TPSA) is 82.5 Å². The Balaban J connectivity index is 2.20. The molecule has 2 aromatic rings. The van der Waals surface area contributed by atoms with Gasteiger partial charge in [-0.1, -0.05) is 12.1 Å². The van der Waals surface area contributed by atoms with Crippen LogP contribution in [0.1, 0.15) is 19.4 Å². The number of carbonyl (C=O) groups is 2. The highest BCUT2D eigenvalue weighted by Crippen LogP contribution is 2.30. The Morgan fingerprint density at radius 2 is 1.74 bits per heavy atom. The molecule has 2 N–H and O–H groups in total. The number of halogens is 4. The summed E-state index contributed by atoms with van der Waals surface area (Å²) in [5, 5.41) is 10.3. The van der Waals surface area contributed by atoms with E-state index in [2.05, 4.69) is 10.1 Å². The molecular weight excluding hydrogens is 418 g/mol. The van der Waals surface area contributed by atoms with Crippen molar-refractivity contribution < 1.29 is 31.9 Å². The lowest BCUT2D eigenvalue weighted by Gasteiger charge is -2.24. The van der Waals surface area contributed by atoms with Crippen molar-refractivity contribution >= 4 is 28.9 Å². The largest absolute Gasteiger partial charge is 0.435 e. The molecule has 2 rings (SSSR count). The number of benzene rings is 2. The predicted octanol–water partition coefficient (Wildman–Crippen LogP) is 4.66. The molecule has 2 aromatic carbocycles. The lowest BCUT2D eigenvalue weighted by Crippen LogP contribution is -2.43. The lowest BCUT2D eigenvalue weighted by atomic mass is 10.0. The van der Waals surface area contributed by atoms with Gasteiger partial charge in [0.15, 0.2) is 5.92 Å². The maximum absolute atomic E-state index is 13.6. The van der Waals surface area contributed by atoms with Crippen LogP contribution in [0.3, 0.4) is 0 Å². The molecule has 0 fully saturated rings. The molecule has 0 aliphatic rings. The molecule has 0 aromatic heterocycles. The molecule has 166 valence electrons. The van der Waals surface area contributed by atoms with Crippen molar-refractivity contribution in [1.29, 1.82) is 5.41 Å². The van der Waals surface area contributed by atoms with Gasteiger partial charge >= 0.3 is 6.61 Å². The van der Waals surface area contributed by atoms with Crippen LogP contribution in [0.15, 0.2) is 48.5 Å². The van der Waals surface area contributed by atoms with E-state index in [1.807, 2.05) is 0 Å². The fraction of sp³-hybridized carbons (Fsp3) is 0.286. The normalized spacial score (nSPS) is 12.3. The molecule has 0 aliphatic heterocycles. The first-order chi connectivity index (χ1) is 14.4. The minimum atomic E-state index is -3.12. The van der Waals surface area contributed by atoms with E-state index in [4.69, 9.17) is 5.41 Å². The molecule has 0 saturated carbocycles. The van der Waals surface area contributed by atoms with E-state index in [0.29, 0.717) is 0 Å². The third-order valence-electron chi connectivity index (χ3n) is 4.36. The average molecular weight is 439 g/mol. The summed E-state index contributed by atoms with van der Waals surface area (Å²) >= 11 is 0. The molecule has 0 radical (unpaired) electrons. The summed E-state index contributed by atoms with van der Waals surface area (Å²) in [7, 11) is 1.31. The molecule has 0 aliphatic carbocycles. The van der Waals surface area contributed by atoms with Gasteiger partial charge in [0.1, 0.15) is 5.75 Å². The van der Waals surface area contributed by atoms with Gasteiger partial charge in [0.2, 0.25) is 11.8 Å². The zero-order chi connectivity index (χ0) is 23.3. The van der Waals surface area contributed by atoms with Crippen LogP contribution in [0.25, 0.3) is 0 Å². The SMILES string of the molecule is CC(=N)C(C(=O)Nc1ccc(OC(F)F)cc1)C(=O)N(C)c1cccc(C(C)(F)F)c1. The van der Waals surface area contributed by atoms with Crippen LogP contribution in [0, 0.1) is 11.3 Å². The number of alkyl halides is 4. The molecule has 0 saturated heterocycles. The van der Waals surface area contributed by atoms with Crippen molar-refractivity contribution in [3.05, 3.63) is 54.1 Å². The van der Waals surface area contributed by atoms with E-state index in [-0.39, 0.29) is 28.4 Å². The zero-order valence-corrected chi connectivity index (χ0v) is 17.0. The van der Waals surface area contributed by atoms with E-state index in [1.165, 1.54) is 56.4 Å². The smallest absolute Gasteiger partial charge is 0.387 e. The quantitative estimate of drug-likeness (QED) is 0.357. The van der Waals surface area contributed by atoms with Gasteiger partial charge in [0.05, 0.1) is 0 Å². The van der Waals surface area contributed by atoms with Crippen molar-refractivity contribution in [2.75, 3.05) is 17.3 Å². The first kappa shape index (κ1) is 23.8. The summed E-state index contributed by atoms with van der Waals surface area (Å²) < 4.78 is 55.9. The van der Waals surface area contributed by atoms with Crippen LogP contribution in [-0.4, -0.2) is 31.2 Å². The second-order valence-electron chi connectivity index (χ2n) is 6.84. The Bertz CT molecular complexity index is 959. The average Bonchev–Trinajstić information content (AvgIpc) is 2.67. The van der Waals surface area contributed by atoms with Crippen LogP contribution in [0.4, 0.5) is 28.9 Å². The van der Waals surface area contributed by atoms with Gasteiger partial charge < -0.3 is 20.4 Å². The second kappa shape index (κ2) is 9.59. The van der Waals surface area contributed by atoms with E-state index in [9.17, 15) is 27.2 Å². The molecule has 2 amide bonds. The van der Waals surface area contributed by atoms with Gasteiger partial charge in [-0.15, -0.1) is 0 Å². The summed E-state index contributed by atoms with van der Waals surface area (Å²) in [6, 6.07) is 10.2. The van der Waals surface area contributed by atoms with Crippen LogP contribution < -0.4 is 15.0 Å². The second-order valence-corrected chi connectivity index (χ2v) is 6.84. The Kier molecular flexibility index (Phi) is 7.37. The molecular formula is C21H21F4N3O3. The third kappa shape index (κ3) is 6.27. The molecule has 1 unspecified atom stereocenters. The maximum atomic E-state index is 13.6. The summed E-state index contributed by atoms with van der Waals surface area (Å²) in [6.07, 6.45) is 0. The number of carbonyl (C=O) groups excluding carboxylic acids is 2. The van der Waals surface area contributed by atoms with E-state index >= 15 is 0 Å². The summed E-state index contributed by atoms with van der Waals surface area (Å²) in [5.74, 6) is -6.37. The Labute approximate surface area is 176 Å². The Morgan fingerprint density at radius 1 is 1.13 bits per heavy atom. The minimum Gasteiger partial charge on any atom is -0.435 e. The van der Waals surface area contributed by atoms with Crippen LogP contribution in [-0.2, 0) is 15.5 Å². The molecule has 0 spiro atoms. The molecule has 10 heteroatoms. The van der Waals surface area contributed by atoms with Crippen molar-refractivity contribution in [2.24, 2.45) is 5.92 Å². The van der Waals surface area contributed by atoms with Gasteiger partial charge in [-0.2, -0.15) is 8.78 Å². The number of nitrogens with one attached hydrogen (secondary N) is 2. The monoisotopic (exact) mass is 439 g/mol. The minimum absolute atomic E-state index is 0.115. The van der Waals surface area contributed by atoms with Crippen LogP contribution in [0.5, 0.6) is 5.75 Å². The maximum Gasteiger partial charge on any atom is 0.387 e. The number of hydrogen-bond donors (Lipinski definition) is 2. The van der Waals surface area contributed by atoms with Gasteiger partial charge in [0, 0.05) is 36.6 Å². The molecule has 6 nitrogen and oxygen atoms in total. The van der Waals surface area contributed by atoms with Crippen LogP contribution in [0.2, 0.25) is 0 Å². The number of rotatable bonds is 8. The van der Waals surface area contributed by atoms with Crippen molar-refractivity contribution in [1.82, 2.24) is 0 Å². The first-order valence-electron chi connectivity index (χ1n) is 9.07. The number of hydrogen-bond acceptors (Lipinski definition) is 4. The zero-order valence-electron chi connectivity index (χ0n) is 17.0. The van der Waals surface area contributed by atoms with Gasteiger partial charge in [0.25, 0.3) is 5.92 Å². The molecule has 1 atom stereocenters. The van der Waals surface area contributed by atoms with E-state index < -0.39 is 30.3 Å². The molecule has 0 bridgehead atoms. The van der Waals surface area contributed by atoms with E-state index in [1.54, 1.807) is 0 Å². The van der Waals surface area contributed by atoms with Crippen molar-refractivity contribution in [3.8, 4) is 5.75 Å². The molecule has 0 heterocycles. The lowest BCUT2D eigenvalue weighted by molar-refractivity contribution is -0.127. The third-order valence-corrected chi connectivity index (χ3v) is 4.36. The van der Waals surface area contributed by atoms with Crippen LogP contribution >= 0.6 is 0 Å². The summed E-state index contributed by atoms with van der Waals surface area (Å²) in [5.41, 5.74) is -0.232. The van der Waals surface area contributed by atoms with E-state index in [0.717, 1.165) is 17.9 Å². The number of ether oxygens (including phenoxy) is 1. The van der Waals surface area contributed by atoms with Crippen molar-refractivity contribution in [3.63, 3.8) is 0 Å². The standard InChI is InChI=1S/C21H21F4N3O3/c1-12(26)17(18(29)27-14-7-9-16(10-8-14)31-20(22)23)19(30)28(3)15-6-4-5-13(11-15)21(2,24)25/h4-11,17,20,26H,1-3H3,(H,27,29).